The molecular formula is C23H16FN3O5. The van der Waals surface area contributed by atoms with Crippen molar-refractivity contribution in [2.75, 3.05) is 18.0 Å². The first-order chi connectivity index (χ1) is 15.4. The van der Waals surface area contributed by atoms with Gasteiger partial charge in [0.15, 0.2) is 0 Å². The smallest absolute Gasteiger partial charge is 0.271 e. The quantitative estimate of drug-likeness (QED) is 0.352. The molecule has 3 aromatic rings. The van der Waals surface area contributed by atoms with E-state index in [9.17, 15) is 24.1 Å². The number of non-ortho nitro benzene ring substituents is 1. The molecule has 2 amide bonds. The number of imide groups is 1. The van der Waals surface area contributed by atoms with Crippen LogP contribution in [0.2, 0.25) is 0 Å². The molecule has 0 N–H and O–H groups in total. The van der Waals surface area contributed by atoms with Crippen LogP contribution < -0.4 is 9.64 Å². The molecule has 2 aliphatic rings. The number of hydrogen-bond donors (Lipinski definition) is 0. The first kappa shape index (κ1) is 19.7. The number of anilines is 2. The van der Waals surface area contributed by atoms with Gasteiger partial charge in [-0.2, -0.15) is 0 Å². The Balaban J connectivity index is 1.48. The van der Waals surface area contributed by atoms with Gasteiger partial charge in [-0.25, -0.2) is 4.39 Å². The molecule has 0 aliphatic carbocycles. The van der Waals surface area contributed by atoms with Gasteiger partial charge in [-0.05, 0) is 42.5 Å². The number of hydrogen-bond acceptors (Lipinski definition) is 6. The van der Waals surface area contributed by atoms with Crippen molar-refractivity contribution < 1.29 is 23.6 Å². The van der Waals surface area contributed by atoms with Crippen LogP contribution >= 0.6 is 0 Å². The summed E-state index contributed by atoms with van der Waals surface area (Å²) < 4.78 is 19.5. The molecule has 0 bridgehead atoms. The van der Waals surface area contributed by atoms with E-state index in [4.69, 9.17) is 4.74 Å². The largest absolute Gasteiger partial charge is 0.484 e. The molecule has 2 heterocycles. The van der Waals surface area contributed by atoms with E-state index in [0.717, 1.165) is 4.90 Å². The zero-order valence-corrected chi connectivity index (χ0v) is 16.6. The van der Waals surface area contributed by atoms with Gasteiger partial charge in [0.1, 0.15) is 17.7 Å². The molecule has 1 unspecified atom stereocenters. The maximum absolute atomic E-state index is 13.5. The fourth-order valence-electron chi connectivity index (χ4n) is 4.02. The Kier molecular flexibility index (Phi) is 4.58. The van der Waals surface area contributed by atoms with Gasteiger partial charge >= 0.3 is 0 Å². The topological polar surface area (TPSA) is 93.0 Å². The van der Waals surface area contributed by atoms with E-state index >= 15 is 0 Å². The van der Waals surface area contributed by atoms with Crippen molar-refractivity contribution in [3.8, 4) is 5.75 Å². The van der Waals surface area contributed by atoms with Crippen LogP contribution in [-0.2, 0) is 0 Å². The molecule has 9 heteroatoms. The number of halogens is 1. The van der Waals surface area contributed by atoms with E-state index in [-0.39, 0.29) is 18.8 Å². The van der Waals surface area contributed by atoms with E-state index in [2.05, 4.69) is 0 Å². The maximum atomic E-state index is 13.5. The van der Waals surface area contributed by atoms with Gasteiger partial charge in [-0.3, -0.25) is 24.6 Å². The summed E-state index contributed by atoms with van der Waals surface area (Å²) in [7, 11) is 0. The predicted octanol–water partition coefficient (Wildman–Crippen LogP) is 3.93. The molecule has 3 aromatic carbocycles. The first-order valence-electron chi connectivity index (χ1n) is 9.86. The van der Waals surface area contributed by atoms with Crippen LogP contribution in [0.4, 0.5) is 21.5 Å². The molecule has 0 radical (unpaired) electrons. The van der Waals surface area contributed by atoms with Crippen LogP contribution in [0.3, 0.4) is 0 Å². The number of amides is 2. The van der Waals surface area contributed by atoms with E-state index in [1.807, 2.05) is 0 Å². The minimum absolute atomic E-state index is 0.000465. The summed E-state index contributed by atoms with van der Waals surface area (Å²) in [6.45, 7) is 0.202. The van der Waals surface area contributed by atoms with Gasteiger partial charge in [-0.15, -0.1) is 0 Å². The van der Waals surface area contributed by atoms with Gasteiger partial charge in [0.2, 0.25) is 0 Å². The van der Waals surface area contributed by atoms with Gasteiger partial charge in [0.25, 0.3) is 17.5 Å². The Morgan fingerprint density at radius 3 is 2.28 bits per heavy atom. The molecule has 0 aromatic heterocycles. The molecule has 0 spiro atoms. The van der Waals surface area contributed by atoms with Crippen LogP contribution in [-0.4, -0.2) is 40.8 Å². The van der Waals surface area contributed by atoms with Crippen LogP contribution in [0.15, 0.2) is 66.7 Å². The van der Waals surface area contributed by atoms with Crippen molar-refractivity contribution in [1.82, 2.24) is 4.90 Å². The van der Waals surface area contributed by atoms with Crippen LogP contribution in [0.25, 0.3) is 0 Å². The minimum atomic E-state index is -0.601. The average molecular weight is 433 g/mol. The molecule has 1 atom stereocenters. The molecular weight excluding hydrogens is 417 g/mol. The fourth-order valence-corrected chi connectivity index (χ4v) is 4.02. The van der Waals surface area contributed by atoms with E-state index in [0.29, 0.717) is 28.3 Å². The Bertz CT molecular complexity index is 1230. The number of nitro groups is 1. The summed E-state index contributed by atoms with van der Waals surface area (Å²) in [6.07, 6.45) is -0.601. The van der Waals surface area contributed by atoms with E-state index < -0.39 is 28.7 Å². The number of fused-ring (bicyclic) bond motifs is 2. The van der Waals surface area contributed by atoms with Crippen LogP contribution in [0.5, 0.6) is 5.75 Å². The van der Waals surface area contributed by atoms with Crippen molar-refractivity contribution >= 4 is 28.9 Å². The highest BCUT2D eigenvalue weighted by molar-refractivity contribution is 6.21. The number of benzene rings is 3. The summed E-state index contributed by atoms with van der Waals surface area (Å²) in [5.41, 5.74) is 1.63. The lowest BCUT2D eigenvalue weighted by atomic mass is 10.1. The van der Waals surface area contributed by atoms with Crippen molar-refractivity contribution in [2.24, 2.45) is 0 Å². The Hall–Kier alpha value is -4.27. The molecule has 8 nitrogen and oxygen atoms in total. The molecule has 0 fully saturated rings. The third-order valence-corrected chi connectivity index (χ3v) is 5.53. The molecule has 0 saturated carbocycles. The molecule has 32 heavy (non-hydrogen) atoms. The Labute approximate surface area is 181 Å². The highest BCUT2D eigenvalue weighted by atomic mass is 19.1. The second kappa shape index (κ2) is 7.45. The summed E-state index contributed by atoms with van der Waals surface area (Å²) in [4.78, 5) is 39.2. The normalized spacial score (nSPS) is 17.1. The second-order valence-corrected chi connectivity index (χ2v) is 7.50. The highest BCUT2D eigenvalue weighted by Gasteiger charge is 2.39. The summed E-state index contributed by atoms with van der Waals surface area (Å²) in [5, 5.41) is 11.3. The van der Waals surface area contributed by atoms with Gasteiger partial charge in [0.05, 0.1) is 34.8 Å². The van der Waals surface area contributed by atoms with Gasteiger partial charge < -0.3 is 9.64 Å². The molecule has 0 saturated heterocycles. The second-order valence-electron chi connectivity index (χ2n) is 7.50. The molecule has 160 valence electrons. The lowest BCUT2D eigenvalue weighted by molar-refractivity contribution is -0.384. The summed E-state index contributed by atoms with van der Waals surface area (Å²) >= 11 is 0. The monoisotopic (exact) mass is 433 g/mol. The SMILES string of the molecule is O=C1c2ccccc2C(=O)N1CC1CN(c2ccc(F)cc2)c2cc([N+](=O)[O-])ccc2O1. The molecule has 5 rings (SSSR count). The number of nitrogens with zero attached hydrogens (tertiary/aromatic N) is 3. The Morgan fingerprint density at radius 1 is 1.00 bits per heavy atom. The standard InChI is InChI=1S/C23H16FN3O5/c24-14-5-7-15(8-6-14)25-12-17(32-21-10-9-16(27(30)31)11-20(21)25)13-26-22(28)18-3-1-2-4-19(18)23(26)29/h1-11,17H,12-13H2. The van der Waals surface area contributed by atoms with Crippen LogP contribution in [0, 0.1) is 15.9 Å². The first-order valence-corrected chi connectivity index (χ1v) is 9.86. The third-order valence-electron chi connectivity index (χ3n) is 5.53. The number of carbonyl (C=O) groups is 2. The zero-order valence-electron chi connectivity index (χ0n) is 16.6. The van der Waals surface area contributed by atoms with Crippen LogP contribution in [0.1, 0.15) is 20.7 Å². The third kappa shape index (κ3) is 3.24. The lowest BCUT2D eigenvalue weighted by Gasteiger charge is -2.37. The molecule has 2 aliphatic heterocycles. The Morgan fingerprint density at radius 2 is 1.66 bits per heavy atom. The van der Waals surface area contributed by atoms with Crippen molar-refractivity contribution in [3.63, 3.8) is 0 Å². The van der Waals surface area contributed by atoms with Gasteiger partial charge in [0, 0.05) is 17.8 Å². The van der Waals surface area contributed by atoms with Crippen molar-refractivity contribution in [1.29, 1.82) is 0 Å². The predicted molar refractivity (Wildman–Crippen MR) is 113 cm³/mol. The average Bonchev–Trinajstić information content (AvgIpc) is 3.04. The van der Waals surface area contributed by atoms with Gasteiger partial charge in [-0.1, -0.05) is 12.1 Å². The number of carbonyl (C=O) groups excluding carboxylic acids is 2. The number of nitro benzene ring substituents is 1. The van der Waals surface area contributed by atoms with Crippen molar-refractivity contribution in [3.05, 3.63) is 93.8 Å². The minimum Gasteiger partial charge on any atom is -0.484 e. The highest BCUT2D eigenvalue weighted by Crippen LogP contribution is 2.41. The zero-order chi connectivity index (χ0) is 22.4. The summed E-state index contributed by atoms with van der Waals surface area (Å²) in [5.74, 6) is -0.828. The lowest BCUT2D eigenvalue weighted by Crippen LogP contribution is -2.46. The van der Waals surface area contributed by atoms with Crippen molar-refractivity contribution in [2.45, 2.75) is 6.10 Å². The van der Waals surface area contributed by atoms with E-state index in [1.54, 1.807) is 41.3 Å². The summed E-state index contributed by atoms with van der Waals surface area (Å²) in [6, 6.07) is 16.5. The fraction of sp³-hybridized carbons (Fsp3) is 0.130. The number of ether oxygens (including phenoxy) is 1. The number of rotatable bonds is 4. The van der Waals surface area contributed by atoms with E-state index in [1.165, 1.54) is 30.3 Å². The maximum Gasteiger partial charge on any atom is 0.271 e.